The Hall–Kier alpha value is -0.820. The van der Waals surface area contributed by atoms with Crippen molar-refractivity contribution in [3.63, 3.8) is 0 Å². The van der Waals surface area contributed by atoms with E-state index in [2.05, 4.69) is 30.3 Å². The summed E-state index contributed by atoms with van der Waals surface area (Å²) in [6.07, 6.45) is 22.3. The van der Waals surface area contributed by atoms with Crippen LogP contribution in [0.5, 0.6) is 0 Å². The van der Waals surface area contributed by atoms with Gasteiger partial charge in [-0.1, -0.05) is 120 Å². The summed E-state index contributed by atoms with van der Waals surface area (Å²) >= 11 is 0. The number of hydrogen-bond acceptors (Lipinski definition) is 1. The Morgan fingerprint density at radius 1 is 0.520 bits per heavy atom. The van der Waals surface area contributed by atoms with Crippen LogP contribution in [0.1, 0.15) is 114 Å². The van der Waals surface area contributed by atoms with E-state index in [0.717, 1.165) is 0 Å². The van der Waals surface area contributed by atoms with Crippen LogP contribution in [0, 0.1) is 0 Å². The van der Waals surface area contributed by atoms with E-state index in [9.17, 15) is 0 Å². The second kappa shape index (κ2) is 13.4. The summed E-state index contributed by atoms with van der Waals surface area (Å²) in [4.78, 5) is 0. The normalized spacial score (nSPS) is 26.4. The Morgan fingerprint density at radius 2 is 0.920 bits per heavy atom. The van der Waals surface area contributed by atoms with Crippen molar-refractivity contribution in [3.05, 3.63) is 35.9 Å². The minimum atomic E-state index is 0.335. The quantitative estimate of drug-likeness (QED) is 0.566. The molecule has 2 unspecified atom stereocenters. The molecule has 2 N–H and O–H groups in total. The third-order valence-electron chi connectivity index (χ3n) is 6.05. The van der Waals surface area contributed by atoms with E-state index < -0.39 is 0 Å². The molecule has 0 aliphatic heterocycles. The number of benzene rings is 1. The first-order chi connectivity index (χ1) is 12.4. The van der Waals surface area contributed by atoms with Gasteiger partial charge in [0.25, 0.3) is 0 Å². The first-order valence-electron chi connectivity index (χ1n) is 11.2. The van der Waals surface area contributed by atoms with E-state index >= 15 is 0 Å². The standard InChI is InChI=1S/C24H41N/c25-24-21-17-12-10-8-6-4-2-1-3-5-7-9-11-16-20-23(24)22-18-14-13-15-19-22/h13-15,18-19,23-24H,1-12,16-17,20-21,25H2. The minimum Gasteiger partial charge on any atom is -0.327 e. The Balaban J connectivity index is 1.85. The van der Waals surface area contributed by atoms with Crippen molar-refractivity contribution in [2.24, 2.45) is 5.73 Å². The lowest BCUT2D eigenvalue weighted by atomic mass is 9.84. The molecule has 2 rings (SSSR count). The lowest BCUT2D eigenvalue weighted by molar-refractivity contribution is 0.428. The molecule has 1 aromatic carbocycles. The smallest absolute Gasteiger partial charge is 0.0108 e. The summed E-state index contributed by atoms with van der Waals surface area (Å²) < 4.78 is 0. The van der Waals surface area contributed by atoms with Gasteiger partial charge in [0.2, 0.25) is 0 Å². The lowest BCUT2D eigenvalue weighted by Crippen LogP contribution is -2.28. The number of hydrogen-bond donors (Lipinski definition) is 1. The van der Waals surface area contributed by atoms with Crippen molar-refractivity contribution < 1.29 is 0 Å². The maximum Gasteiger partial charge on any atom is 0.0108 e. The maximum atomic E-state index is 6.66. The predicted octanol–water partition coefficient (Wildman–Crippen LogP) is 7.35. The molecule has 0 bridgehead atoms. The third-order valence-corrected chi connectivity index (χ3v) is 6.05. The molecule has 1 nitrogen and oxygen atoms in total. The van der Waals surface area contributed by atoms with Crippen LogP contribution in [0.15, 0.2) is 30.3 Å². The Kier molecular flexibility index (Phi) is 11.0. The molecule has 142 valence electrons. The molecule has 0 aromatic heterocycles. The van der Waals surface area contributed by atoms with Crippen LogP contribution in [0.25, 0.3) is 0 Å². The second-order valence-electron chi connectivity index (χ2n) is 8.21. The molecule has 2 atom stereocenters. The highest BCUT2D eigenvalue weighted by molar-refractivity contribution is 5.21. The molecule has 0 spiro atoms. The van der Waals surface area contributed by atoms with E-state index in [1.807, 2.05) is 0 Å². The summed E-state index contributed by atoms with van der Waals surface area (Å²) in [5.74, 6) is 0.556. The third kappa shape index (κ3) is 8.90. The zero-order valence-corrected chi connectivity index (χ0v) is 16.4. The Morgan fingerprint density at radius 3 is 1.40 bits per heavy atom. The molecular weight excluding hydrogens is 302 g/mol. The van der Waals surface area contributed by atoms with Gasteiger partial charge in [0, 0.05) is 6.04 Å². The number of rotatable bonds is 1. The van der Waals surface area contributed by atoms with Crippen LogP contribution in [0.2, 0.25) is 0 Å². The van der Waals surface area contributed by atoms with Crippen molar-refractivity contribution in [2.45, 2.75) is 115 Å². The fourth-order valence-electron chi connectivity index (χ4n) is 4.39. The highest BCUT2D eigenvalue weighted by atomic mass is 14.6. The van der Waals surface area contributed by atoms with Gasteiger partial charge in [0.1, 0.15) is 0 Å². The van der Waals surface area contributed by atoms with Crippen LogP contribution < -0.4 is 5.73 Å². The summed E-state index contributed by atoms with van der Waals surface area (Å²) in [7, 11) is 0. The van der Waals surface area contributed by atoms with Crippen LogP contribution in [-0.4, -0.2) is 6.04 Å². The Labute approximate surface area is 156 Å². The minimum absolute atomic E-state index is 0.335. The average molecular weight is 344 g/mol. The highest BCUT2D eigenvalue weighted by Gasteiger charge is 2.19. The predicted molar refractivity (Wildman–Crippen MR) is 111 cm³/mol. The molecule has 1 heteroatoms. The van der Waals surface area contributed by atoms with E-state index in [4.69, 9.17) is 5.73 Å². The molecule has 1 aliphatic carbocycles. The first-order valence-corrected chi connectivity index (χ1v) is 11.2. The van der Waals surface area contributed by atoms with Crippen molar-refractivity contribution in [3.8, 4) is 0 Å². The van der Waals surface area contributed by atoms with Crippen molar-refractivity contribution >= 4 is 0 Å². The summed E-state index contributed by atoms with van der Waals surface area (Å²) in [5.41, 5.74) is 8.12. The molecule has 1 aromatic rings. The largest absolute Gasteiger partial charge is 0.327 e. The molecule has 0 radical (unpaired) electrons. The molecule has 0 amide bonds. The van der Waals surface area contributed by atoms with Crippen molar-refractivity contribution in [1.82, 2.24) is 0 Å². The fourth-order valence-corrected chi connectivity index (χ4v) is 4.39. The summed E-state index contributed by atoms with van der Waals surface area (Å²) in [5, 5.41) is 0. The van der Waals surface area contributed by atoms with Crippen LogP contribution >= 0.6 is 0 Å². The monoisotopic (exact) mass is 343 g/mol. The second-order valence-corrected chi connectivity index (χ2v) is 8.21. The van der Waals surface area contributed by atoms with E-state index in [-0.39, 0.29) is 0 Å². The topological polar surface area (TPSA) is 26.0 Å². The van der Waals surface area contributed by atoms with E-state index in [0.29, 0.717) is 12.0 Å². The van der Waals surface area contributed by atoms with Crippen LogP contribution in [-0.2, 0) is 0 Å². The summed E-state index contributed by atoms with van der Waals surface area (Å²) in [6, 6.07) is 11.4. The maximum absolute atomic E-state index is 6.66. The Bertz CT molecular complexity index is 413. The molecular formula is C24H41N. The first kappa shape index (κ1) is 20.5. The van der Waals surface area contributed by atoms with Gasteiger partial charge < -0.3 is 5.73 Å². The highest BCUT2D eigenvalue weighted by Crippen LogP contribution is 2.28. The van der Waals surface area contributed by atoms with Gasteiger partial charge in [0.15, 0.2) is 0 Å². The molecule has 1 saturated carbocycles. The number of nitrogens with two attached hydrogens (primary N) is 1. The van der Waals surface area contributed by atoms with E-state index in [1.54, 1.807) is 0 Å². The van der Waals surface area contributed by atoms with Gasteiger partial charge in [-0.25, -0.2) is 0 Å². The SMILES string of the molecule is NC1CCCCCCCCCCCCCCCCC1c1ccccc1. The fraction of sp³-hybridized carbons (Fsp3) is 0.750. The van der Waals surface area contributed by atoms with Crippen LogP contribution in [0.4, 0.5) is 0 Å². The zero-order chi connectivity index (χ0) is 17.6. The van der Waals surface area contributed by atoms with Crippen molar-refractivity contribution in [1.29, 1.82) is 0 Å². The molecule has 1 fully saturated rings. The zero-order valence-electron chi connectivity index (χ0n) is 16.4. The average Bonchev–Trinajstić information content (AvgIpc) is 2.64. The van der Waals surface area contributed by atoms with Gasteiger partial charge in [-0.2, -0.15) is 0 Å². The van der Waals surface area contributed by atoms with Crippen LogP contribution in [0.3, 0.4) is 0 Å². The lowest BCUT2D eigenvalue weighted by Gasteiger charge is -2.25. The molecule has 25 heavy (non-hydrogen) atoms. The van der Waals surface area contributed by atoms with Gasteiger partial charge in [0.05, 0.1) is 0 Å². The van der Waals surface area contributed by atoms with Gasteiger partial charge >= 0.3 is 0 Å². The van der Waals surface area contributed by atoms with Gasteiger partial charge in [-0.05, 0) is 24.3 Å². The van der Waals surface area contributed by atoms with Gasteiger partial charge in [-0.3, -0.25) is 0 Å². The summed E-state index contributed by atoms with van der Waals surface area (Å²) in [6.45, 7) is 0. The van der Waals surface area contributed by atoms with Gasteiger partial charge in [-0.15, -0.1) is 0 Å². The van der Waals surface area contributed by atoms with Crippen molar-refractivity contribution in [2.75, 3.05) is 0 Å². The molecule has 0 heterocycles. The van der Waals surface area contributed by atoms with E-state index in [1.165, 1.54) is 108 Å². The molecule has 0 saturated heterocycles. The molecule has 1 aliphatic rings.